The van der Waals surface area contributed by atoms with Gasteiger partial charge >= 0.3 is 0 Å². The molecule has 1 aliphatic carbocycles. The van der Waals surface area contributed by atoms with Gasteiger partial charge in [-0.2, -0.15) is 0 Å². The SMILES string of the molecule is C[Si]CCCCCN1C[C@@H](C)N(CC2CCC(C)CC2)C1=S. The standard InChI is InChI=1S/C18H34N2SSi/c1-15-7-9-17(10-8-15)14-20-16(2)13-19(18(20)21)11-5-4-6-12-22-3/h15-17H,4-14H2,1-3H3/t15?,16-,17?/m1/s1. The van der Waals surface area contributed by atoms with E-state index in [0.29, 0.717) is 6.04 Å². The van der Waals surface area contributed by atoms with Crippen molar-refractivity contribution in [3.8, 4) is 0 Å². The minimum absolute atomic E-state index is 0.615. The van der Waals surface area contributed by atoms with Crippen molar-refractivity contribution in [3.63, 3.8) is 0 Å². The maximum Gasteiger partial charge on any atom is 0.171 e. The molecule has 0 aromatic heterocycles. The Morgan fingerprint density at radius 2 is 1.82 bits per heavy atom. The Morgan fingerprint density at radius 1 is 1.09 bits per heavy atom. The maximum atomic E-state index is 5.78. The van der Waals surface area contributed by atoms with Crippen LogP contribution in [0.25, 0.3) is 0 Å². The molecule has 1 heterocycles. The van der Waals surface area contributed by atoms with Gasteiger partial charge in [-0.3, -0.25) is 0 Å². The molecule has 0 N–H and O–H groups in total. The fourth-order valence-electron chi connectivity index (χ4n) is 3.88. The van der Waals surface area contributed by atoms with Gasteiger partial charge in [-0.25, -0.2) is 0 Å². The highest BCUT2D eigenvalue weighted by Gasteiger charge is 2.32. The Balaban J connectivity index is 1.72. The molecule has 0 unspecified atom stereocenters. The zero-order chi connectivity index (χ0) is 15.9. The Labute approximate surface area is 145 Å². The largest absolute Gasteiger partial charge is 0.347 e. The fraction of sp³-hybridized carbons (Fsp3) is 0.944. The summed E-state index contributed by atoms with van der Waals surface area (Å²) in [4.78, 5) is 5.00. The van der Waals surface area contributed by atoms with Crippen LogP contribution in [0, 0.1) is 11.8 Å². The quantitative estimate of drug-likeness (QED) is 0.367. The van der Waals surface area contributed by atoms with Crippen molar-refractivity contribution in [1.82, 2.24) is 9.80 Å². The lowest BCUT2D eigenvalue weighted by Crippen LogP contribution is -2.38. The third kappa shape index (κ3) is 5.22. The van der Waals surface area contributed by atoms with Crippen molar-refractivity contribution in [1.29, 1.82) is 0 Å². The molecule has 2 radical (unpaired) electrons. The number of nitrogens with zero attached hydrogens (tertiary/aromatic N) is 2. The summed E-state index contributed by atoms with van der Waals surface area (Å²) < 4.78 is 0. The highest BCUT2D eigenvalue weighted by molar-refractivity contribution is 7.80. The molecule has 126 valence electrons. The molecule has 0 spiro atoms. The molecule has 1 saturated carbocycles. The van der Waals surface area contributed by atoms with E-state index in [4.69, 9.17) is 12.2 Å². The summed E-state index contributed by atoms with van der Waals surface area (Å²) in [5.41, 5.74) is 0. The molecule has 22 heavy (non-hydrogen) atoms. The molecule has 0 aromatic rings. The van der Waals surface area contributed by atoms with E-state index in [1.807, 2.05) is 0 Å². The van der Waals surface area contributed by atoms with Crippen LogP contribution in [0.1, 0.15) is 58.8 Å². The van der Waals surface area contributed by atoms with E-state index in [2.05, 4.69) is 30.2 Å². The summed E-state index contributed by atoms with van der Waals surface area (Å²) >= 11 is 5.78. The van der Waals surface area contributed by atoms with E-state index < -0.39 is 0 Å². The molecular weight excluding hydrogens is 304 g/mol. The summed E-state index contributed by atoms with van der Waals surface area (Å²) in [6.45, 7) is 10.6. The van der Waals surface area contributed by atoms with Crippen LogP contribution in [0.4, 0.5) is 0 Å². The van der Waals surface area contributed by atoms with Gasteiger partial charge in [0.1, 0.15) is 0 Å². The van der Waals surface area contributed by atoms with E-state index >= 15 is 0 Å². The molecule has 0 amide bonds. The topological polar surface area (TPSA) is 6.48 Å². The van der Waals surface area contributed by atoms with E-state index in [9.17, 15) is 0 Å². The van der Waals surface area contributed by atoms with Crippen molar-refractivity contribution in [2.24, 2.45) is 11.8 Å². The average molecular weight is 339 g/mol. The summed E-state index contributed by atoms with van der Waals surface area (Å²) in [5.74, 6) is 1.82. The lowest BCUT2D eigenvalue weighted by Gasteiger charge is -2.32. The van der Waals surface area contributed by atoms with Crippen LogP contribution < -0.4 is 0 Å². The van der Waals surface area contributed by atoms with Gasteiger partial charge in [-0.15, -0.1) is 0 Å². The summed E-state index contributed by atoms with van der Waals surface area (Å²) in [6.07, 6.45) is 9.73. The van der Waals surface area contributed by atoms with Crippen LogP contribution in [-0.4, -0.2) is 50.1 Å². The van der Waals surface area contributed by atoms with Gasteiger partial charge in [0.15, 0.2) is 5.11 Å². The smallest absolute Gasteiger partial charge is 0.171 e. The lowest BCUT2D eigenvalue weighted by atomic mass is 9.83. The van der Waals surface area contributed by atoms with Crippen LogP contribution in [-0.2, 0) is 0 Å². The molecule has 4 heteroatoms. The minimum atomic E-state index is 0.615. The molecule has 0 aromatic carbocycles. The Bertz CT molecular complexity index is 342. The first-order valence-corrected chi connectivity index (χ1v) is 11.4. The molecule has 2 fully saturated rings. The Kier molecular flexibility index (Phi) is 7.68. The van der Waals surface area contributed by atoms with Crippen LogP contribution >= 0.6 is 12.2 Å². The fourth-order valence-corrected chi connectivity index (χ4v) is 4.91. The summed E-state index contributed by atoms with van der Waals surface area (Å²) in [5, 5.41) is 1.14. The van der Waals surface area contributed by atoms with Gasteiger partial charge in [0.2, 0.25) is 0 Å². The van der Waals surface area contributed by atoms with Crippen LogP contribution in [0.2, 0.25) is 12.6 Å². The number of rotatable bonds is 8. The molecule has 0 bridgehead atoms. The van der Waals surface area contributed by atoms with Crippen LogP contribution in [0.15, 0.2) is 0 Å². The molecule has 2 nitrogen and oxygen atoms in total. The van der Waals surface area contributed by atoms with Gasteiger partial charge in [0.05, 0.1) is 0 Å². The number of unbranched alkanes of at least 4 members (excludes halogenated alkanes) is 2. The molecule has 1 saturated heterocycles. The van der Waals surface area contributed by atoms with Crippen molar-refractivity contribution >= 4 is 26.8 Å². The third-order valence-electron chi connectivity index (χ3n) is 5.48. The monoisotopic (exact) mass is 338 g/mol. The predicted molar refractivity (Wildman–Crippen MR) is 102 cm³/mol. The van der Waals surface area contributed by atoms with Gasteiger partial charge in [0, 0.05) is 35.2 Å². The summed E-state index contributed by atoms with van der Waals surface area (Å²) in [7, 11) is 1.12. The second-order valence-electron chi connectivity index (χ2n) is 7.52. The summed E-state index contributed by atoms with van der Waals surface area (Å²) in [6, 6.07) is 2.02. The van der Waals surface area contributed by atoms with Crippen LogP contribution in [0.3, 0.4) is 0 Å². The normalized spacial score (nSPS) is 29.4. The van der Waals surface area contributed by atoms with Gasteiger partial charge in [0.25, 0.3) is 0 Å². The van der Waals surface area contributed by atoms with Gasteiger partial charge in [-0.05, 0) is 50.2 Å². The second kappa shape index (κ2) is 9.26. The number of thiocarbonyl (C=S) groups is 1. The van der Waals surface area contributed by atoms with E-state index in [0.717, 1.165) is 33.0 Å². The minimum Gasteiger partial charge on any atom is -0.347 e. The molecule has 1 atom stereocenters. The molecule has 2 rings (SSSR count). The lowest BCUT2D eigenvalue weighted by molar-refractivity contribution is 0.227. The first-order chi connectivity index (χ1) is 10.6. The first kappa shape index (κ1) is 18.2. The zero-order valence-corrected chi connectivity index (χ0v) is 16.6. The highest BCUT2D eigenvalue weighted by Crippen LogP contribution is 2.30. The Hall–Kier alpha value is -0.0931. The zero-order valence-electron chi connectivity index (χ0n) is 14.8. The molecular formula is C18H34N2SSi. The maximum absolute atomic E-state index is 5.78. The van der Waals surface area contributed by atoms with E-state index in [-0.39, 0.29) is 0 Å². The van der Waals surface area contributed by atoms with Crippen molar-refractivity contribution in [2.75, 3.05) is 19.6 Å². The van der Waals surface area contributed by atoms with Gasteiger partial charge < -0.3 is 9.80 Å². The predicted octanol–water partition coefficient (Wildman–Crippen LogP) is 4.44. The van der Waals surface area contributed by atoms with E-state index in [1.165, 1.54) is 64.1 Å². The van der Waals surface area contributed by atoms with E-state index in [1.54, 1.807) is 0 Å². The highest BCUT2D eigenvalue weighted by atomic mass is 32.1. The van der Waals surface area contributed by atoms with Crippen LogP contribution in [0.5, 0.6) is 0 Å². The number of hydrogen-bond donors (Lipinski definition) is 0. The first-order valence-electron chi connectivity index (χ1n) is 9.32. The van der Waals surface area contributed by atoms with Crippen molar-refractivity contribution < 1.29 is 0 Å². The molecule has 2 aliphatic rings. The van der Waals surface area contributed by atoms with Gasteiger partial charge in [-0.1, -0.05) is 45.2 Å². The van der Waals surface area contributed by atoms with Crippen molar-refractivity contribution in [2.45, 2.75) is 77.4 Å². The van der Waals surface area contributed by atoms with Crippen molar-refractivity contribution in [3.05, 3.63) is 0 Å². The number of hydrogen-bond acceptors (Lipinski definition) is 1. The average Bonchev–Trinajstić information content (AvgIpc) is 2.77. The second-order valence-corrected chi connectivity index (χ2v) is 9.09. The Morgan fingerprint density at radius 3 is 2.50 bits per heavy atom. The third-order valence-corrected chi connectivity index (χ3v) is 6.82. The molecule has 1 aliphatic heterocycles.